The highest BCUT2D eigenvalue weighted by Crippen LogP contribution is 2.36. The van der Waals surface area contributed by atoms with Crippen molar-refractivity contribution in [2.75, 3.05) is 21.3 Å². The zero-order chi connectivity index (χ0) is 34.7. The van der Waals surface area contributed by atoms with Crippen LogP contribution in [-0.2, 0) is 0 Å². The molecule has 5 aliphatic heterocycles. The summed E-state index contributed by atoms with van der Waals surface area (Å²) in [6.45, 7) is 0. The number of benzene rings is 4. The average Bonchev–Trinajstić information content (AvgIpc) is 3.98. The lowest BCUT2D eigenvalue weighted by molar-refractivity contribution is 1.26. The Hall–Kier alpha value is -7.32. The van der Waals surface area contributed by atoms with Crippen LogP contribution in [0.3, 0.4) is 0 Å². The van der Waals surface area contributed by atoms with Crippen molar-refractivity contribution in [2.45, 2.75) is 0 Å². The first-order valence-electron chi connectivity index (χ1n) is 17.1. The van der Waals surface area contributed by atoms with Gasteiger partial charge in [-0.25, -0.2) is 20.0 Å². The Morgan fingerprint density at radius 3 is 1.37 bits per heavy atom. The van der Waals surface area contributed by atoms with Crippen molar-refractivity contribution in [3.05, 3.63) is 216 Å². The zero-order valence-electron chi connectivity index (χ0n) is 28.0. The number of fused-ring (bicyclic) bond motifs is 4. The maximum atomic E-state index is 5.42. The summed E-state index contributed by atoms with van der Waals surface area (Å²) < 4.78 is 0. The maximum Gasteiger partial charge on any atom is 0.115 e. The van der Waals surface area contributed by atoms with Gasteiger partial charge in [-0.3, -0.25) is 0 Å². The van der Waals surface area contributed by atoms with Crippen LogP contribution in [0.4, 0.5) is 22.7 Å². The van der Waals surface area contributed by atoms with Crippen molar-refractivity contribution in [2.24, 2.45) is 20.0 Å². The minimum absolute atomic E-state index is 0.678. The number of aliphatic imine (C=N–C) groups is 4. The molecule has 248 valence electrons. The fraction of sp³-hybridized carbons (Fsp3) is 0. The summed E-state index contributed by atoms with van der Waals surface area (Å²) in [6.07, 6.45) is 16.0. The predicted octanol–water partition coefficient (Wildman–Crippen LogP) is 9.34. The third kappa shape index (κ3) is 6.51. The van der Waals surface area contributed by atoms with Crippen LogP contribution in [0, 0.1) is 0 Å². The van der Waals surface area contributed by atoms with Crippen molar-refractivity contribution >= 4 is 45.6 Å². The first-order valence-corrected chi connectivity index (χ1v) is 17.1. The summed E-state index contributed by atoms with van der Waals surface area (Å²) >= 11 is 0. The van der Waals surface area contributed by atoms with Gasteiger partial charge in [0.2, 0.25) is 0 Å². The molecule has 4 N–H and O–H groups in total. The van der Waals surface area contributed by atoms with E-state index in [1.807, 2.05) is 164 Å². The third-order valence-electron chi connectivity index (χ3n) is 8.66. The Balaban J connectivity index is 1.32. The van der Waals surface area contributed by atoms with Crippen LogP contribution in [0.1, 0.15) is 0 Å². The van der Waals surface area contributed by atoms with E-state index in [1.54, 1.807) is 0 Å². The number of para-hydroxylation sites is 4. The molecule has 0 unspecified atom stereocenters. The largest absolute Gasteiger partial charge is 0.354 e. The minimum atomic E-state index is 0.678. The molecule has 5 aliphatic rings. The molecule has 0 fully saturated rings. The van der Waals surface area contributed by atoms with E-state index in [-0.39, 0.29) is 0 Å². The highest BCUT2D eigenvalue weighted by atomic mass is 15.1. The minimum Gasteiger partial charge on any atom is -0.354 e. The van der Waals surface area contributed by atoms with Gasteiger partial charge in [0, 0.05) is 22.7 Å². The molecule has 4 aromatic carbocycles. The van der Waals surface area contributed by atoms with Gasteiger partial charge in [-0.1, -0.05) is 72.8 Å². The normalized spacial score (nSPS) is 17.1. The second-order valence-electron chi connectivity index (χ2n) is 12.4. The van der Waals surface area contributed by atoms with Crippen molar-refractivity contribution in [1.29, 1.82) is 0 Å². The number of anilines is 4. The Morgan fingerprint density at radius 2 is 0.808 bits per heavy atom. The number of hydrogen-bond donors (Lipinski definition) is 4. The summed E-state index contributed by atoms with van der Waals surface area (Å²) in [4.78, 5) is 20.5. The molecule has 0 saturated carbocycles. The molecule has 0 aliphatic carbocycles. The fourth-order valence-corrected chi connectivity index (χ4v) is 6.27. The van der Waals surface area contributed by atoms with E-state index >= 15 is 0 Å². The van der Waals surface area contributed by atoms with Crippen molar-refractivity contribution in [3.63, 3.8) is 0 Å². The van der Waals surface area contributed by atoms with Gasteiger partial charge in [-0.15, -0.1) is 0 Å². The van der Waals surface area contributed by atoms with Gasteiger partial charge in [0.15, 0.2) is 0 Å². The first-order chi connectivity index (χ1) is 25.7. The monoisotopic (exact) mass is 672 g/mol. The van der Waals surface area contributed by atoms with Crippen LogP contribution in [0.5, 0.6) is 0 Å². The van der Waals surface area contributed by atoms with Crippen LogP contribution in [0.2, 0.25) is 0 Å². The number of hydrogen-bond acceptors (Lipinski definition) is 8. The van der Waals surface area contributed by atoms with E-state index in [1.165, 1.54) is 0 Å². The Kier molecular flexibility index (Phi) is 7.99. The summed E-state index contributed by atoms with van der Waals surface area (Å²) in [5.41, 5.74) is 12.8. The third-order valence-corrected chi connectivity index (χ3v) is 8.66. The molecule has 4 aromatic rings. The van der Waals surface area contributed by atoms with E-state index < -0.39 is 0 Å². The molecular weight excluding hydrogens is 641 g/mol. The Labute approximate surface area is 301 Å². The van der Waals surface area contributed by atoms with Gasteiger partial charge in [-0.2, -0.15) is 0 Å². The molecule has 8 nitrogen and oxygen atoms in total. The smallest absolute Gasteiger partial charge is 0.115 e. The summed E-state index contributed by atoms with van der Waals surface area (Å²) in [5, 5.41) is 14.8. The molecule has 0 saturated heterocycles. The van der Waals surface area contributed by atoms with E-state index in [2.05, 4.69) is 27.3 Å². The van der Waals surface area contributed by atoms with Crippen LogP contribution >= 0.6 is 0 Å². The predicted molar refractivity (Wildman–Crippen MR) is 215 cm³/mol. The van der Waals surface area contributed by atoms with Gasteiger partial charge in [-0.05, 0) is 97.1 Å². The van der Waals surface area contributed by atoms with Crippen LogP contribution in [0.15, 0.2) is 235 Å². The number of allylic oxidation sites excluding steroid dienone is 8. The lowest BCUT2D eigenvalue weighted by Crippen LogP contribution is -2.20. The van der Waals surface area contributed by atoms with Gasteiger partial charge in [0.1, 0.15) is 11.4 Å². The van der Waals surface area contributed by atoms with E-state index in [0.29, 0.717) is 22.8 Å². The molecule has 8 heteroatoms. The van der Waals surface area contributed by atoms with Crippen LogP contribution in [-0.4, -0.2) is 22.8 Å². The second kappa shape index (κ2) is 13.5. The van der Waals surface area contributed by atoms with Crippen molar-refractivity contribution in [1.82, 2.24) is 0 Å². The number of nitrogens with one attached hydrogen (secondary N) is 4. The van der Waals surface area contributed by atoms with Gasteiger partial charge in [0.05, 0.1) is 57.0 Å². The SMILES string of the molecule is C1=CC2=NC1=CC1=NC(=C(Nc3ccccc3)C3=NC(=CC4=NC(=C2)C=C4)C=C3Nc2ccccc2)C(Nc2ccccc2)=C1Nc1ccccc1. The molecule has 8 bridgehead atoms. The molecule has 0 spiro atoms. The summed E-state index contributed by atoms with van der Waals surface area (Å²) in [7, 11) is 0. The lowest BCUT2D eigenvalue weighted by Gasteiger charge is -2.19. The lowest BCUT2D eigenvalue weighted by atomic mass is 10.1. The number of rotatable bonds is 8. The summed E-state index contributed by atoms with van der Waals surface area (Å²) in [6, 6.07) is 40.5. The zero-order valence-corrected chi connectivity index (χ0v) is 28.0. The quantitative estimate of drug-likeness (QED) is 0.150. The van der Waals surface area contributed by atoms with E-state index in [0.717, 1.165) is 68.4 Å². The molecule has 0 radical (unpaired) electrons. The molecule has 52 heavy (non-hydrogen) atoms. The van der Waals surface area contributed by atoms with Gasteiger partial charge in [0.25, 0.3) is 0 Å². The van der Waals surface area contributed by atoms with E-state index in [4.69, 9.17) is 20.0 Å². The van der Waals surface area contributed by atoms with Crippen molar-refractivity contribution < 1.29 is 0 Å². The van der Waals surface area contributed by atoms with Gasteiger partial charge >= 0.3 is 0 Å². The van der Waals surface area contributed by atoms with E-state index in [9.17, 15) is 0 Å². The van der Waals surface area contributed by atoms with Crippen LogP contribution in [0.25, 0.3) is 0 Å². The molecule has 0 atom stereocenters. The number of nitrogens with zero attached hydrogens (tertiary/aromatic N) is 4. The Morgan fingerprint density at radius 1 is 0.346 bits per heavy atom. The maximum absolute atomic E-state index is 5.42. The van der Waals surface area contributed by atoms with Crippen LogP contribution < -0.4 is 21.3 Å². The van der Waals surface area contributed by atoms with Crippen molar-refractivity contribution in [3.8, 4) is 0 Å². The highest BCUT2D eigenvalue weighted by Gasteiger charge is 2.32. The second-order valence-corrected chi connectivity index (χ2v) is 12.4. The first kappa shape index (κ1) is 30.7. The molecule has 0 amide bonds. The van der Waals surface area contributed by atoms with Gasteiger partial charge < -0.3 is 21.3 Å². The Bertz CT molecular complexity index is 2450. The topological polar surface area (TPSA) is 97.6 Å². The highest BCUT2D eigenvalue weighted by molar-refractivity contribution is 6.22. The molecule has 5 heterocycles. The molecular formula is C44H32N8. The average molecular weight is 673 g/mol. The standard InChI is InChI=1S/C44H32N8/c1-5-13-29(14-6-1)47-38-28-37-26-35-22-21-33(45-35)25-34-23-24-36(46-34)27-39-41(48-30-15-7-2-8-16-30)43(50-32-19-11-4-12-20-32)44(52-39)42(40(38)51-37)49-31-17-9-3-10-18-31/h1-28,47-50H. The fourth-order valence-electron chi connectivity index (χ4n) is 6.27. The molecule has 0 aromatic heterocycles. The molecule has 9 rings (SSSR count). The summed E-state index contributed by atoms with van der Waals surface area (Å²) in [5.74, 6) is 0.